The lowest BCUT2D eigenvalue weighted by molar-refractivity contribution is -0.119. The number of ketones is 1. The monoisotopic (exact) mass is 269 g/mol. The van der Waals surface area contributed by atoms with Gasteiger partial charge in [-0.3, -0.25) is 4.79 Å². The Bertz CT molecular complexity index is 416. The SMILES string of the molecule is Cc1ccc(CC(=O)C2CSCCN2)c(Cl)c1. The van der Waals surface area contributed by atoms with Crippen molar-refractivity contribution in [1.82, 2.24) is 5.32 Å². The maximum absolute atomic E-state index is 12.1. The van der Waals surface area contributed by atoms with Gasteiger partial charge >= 0.3 is 0 Å². The van der Waals surface area contributed by atoms with E-state index < -0.39 is 0 Å². The van der Waals surface area contributed by atoms with E-state index >= 15 is 0 Å². The van der Waals surface area contributed by atoms with Crippen LogP contribution >= 0.6 is 23.4 Å². The van der Waals surface area contributed by atoms with Gasteiger partial charge in [-0.1, -0.05) is 23.7 Å². The zero-order valence-electron chi connectivity index (χ0n) is 9.83. The quantitative estimate of drug-likeness (QED) is 0.914. The molecule has 1 saturated heterocycles. The Morgan fingerprint density at radius 3 is 3.06 bits per heavy atom. The van der Waals surface area contributed by atoms with E-state index in [1.807, 2.05) is 36.9 Å². The number of Topliss-reactive ketones (excluding diaryl/α,β-unsaturated/α-hetero) is 1. The molecule has 0 aliphatic carbocycles. The van der Waals surface area contributed by atoms with Crippen molar-refractivity contribution in [1.29, 1.82) is 0 Å². The van der Waals surface area contributed by atoms with Gasteiger partial charge in [-0.2, -0.15) is 11.8 Å². The first-order valence-corrected chi connectivity index (χ1v) is 7.29. The van der Waals surface area contributed by atoms with Gasteiger partial charge in [0.2, 0.25) is 0 Å². The van der Waals surface area contributed by atoms with Crippen LogP contribution in [-0.2, 0) is 11.2 Å². The molecular weight excluding hydrogens is 254 g/mol. The van der Waals surface area contributed by atoms with E-state index in [0.717, 1.165) is 29.2 Å². The molecule has 0 aromatic heterocycles. The van der Waals surface area contributed by atoms with E-state index in [9.17, 15) is 4.79 Å². The fourth-order valence-corrected chi connectivity index (χ4v) is 3.15. The maximum atomic E-state index is 12.1. The molecule has 0 spiro atoms. The van der Waals surface area contributed by atoms with Gasteiger partial charge in [-0.05, 0) is 24.1 Å². The van der Waals surface area contributed by atoms with Gasteiger partial charge in [0, 0.05) is 29.5 Å². The summed E-state index contributed by atoms with van der Waals surface area (Å²) >= 11 is 7.97. The van der Waals surface area contributed by atoms with Crippen LogP contribution in [0.1, 0.15) is 11.1 Å². The zero-order chi connectivity index (χ0) is 12.3. The van der Waals surface area contributed by atoms with Gasteiger partial charge in [0.1, 0.15) is 0 Å². The van der Waals surface area contributed by atoms with E-state index in [1.165, 1.54) is 0 Å². The number of halogens is 1. The summed E-state index contributed by atoms with van der Waals surface area (Å²) in [6, 6.07) is 5.85. The molecule has 0 radical (unpaired) electrons. The highest BCUT2D eigenvalue weighted by molar-refractivity contribution is 7.99. The summed E-state index contributed by atoms with van der Waals surface area (Å²) in [5.74, 6) is 2.21. The van der Waals surface area contributed by atoms with Crippen molar-refractivity contribution in [3.05, 3.63) is 34.3 Å². The lowest BCUT2D eigenvalue weighted by Gasteiger charge is -2.22. The van der Waals surface area contributed by atoms with Crippen molar-refractivity contribution in [3.63, 3.8) is 0 Å². The topological polar surface area (TPSA) is 29.1 Å². The smallest absolute Gasteiger partial charge is 0.154 e. The first kappa shape index (κ1) is 12.9. The predicted octanol–water partition coefficient (Wildman–Crippen LogP) is 2.47. The Morgan fingerprint density at radius 1 is 1.59 bits per heavy atom. The van der Waals surface area contributed by atoms with Crippen LogP contribution in [0.4, 0.5) is 0 Å². The number of aryl methyl sites for hydroxylation is 1. The molecule has 0 bridgehead atoms. The van der Waals surface area contributed by atoms with Crippen LogP contribution in [0.5, 0.6) is 0 Å². The highest BCUT2D eigenvalue weighted by Gasteiger charge is 2.21. The largest absolute Gasteiger partial charge is 0.306 e. The first-order valence-electron chi connectivity index (χ1n) is 5.75. The zero-order valence-corrected chi connectivity index (χ0v) is 11.4. The molecular formula is C13H16ClNOS. The summed E-state index contributed by atoms with van der Waals surface area (Å²) in [5.41, 5.74) is 2.05. The molecule has 4 heteroatoms. The van der Waals surface area contributed by atoms with E-state index in [2.05, 4.69) is 5.32 Å². The number of nitrogens with one attached hydrogen (secondary N) is 1. The van der Waals surface area contributed by atoms with Crippen LogP contribution in [0, 0.1) is 6.92 Å². The fourth-order valence-electron chi connectivity index (χ4n) is 1.88. The van der Waals surface area contributed by atoms with Gasteiger partial charge in [0.25, 0.3) is 0 Å². The molecule has 1 aromatic carbocycles. The van der Waals surface area contributed by atoms with Gasteiger partial charge in [-0.15, -0.1) is 0 Å². The molecule has 2 rings (SSSR count). The van der Waals surface area contributed by atoms with Crippen molar-refractivity contribution >= 4 is 29.1 Å². The number of hydrogen-bond donors (Lipinski definition) is 1. The van der Waals surface area contributed by atoms with Gasteiger partial charge in [-0.25, -0.2) is 0 Å². The molecule has 1 N–H and O–H groups in total. The van der Waals surface area contributed by atoms with Crippen LogP contribution in [0.2, 0.25) is 5.02 Å². The fraction of sp³-hybridized carbons (Fsp3) is 0.462. The van der Waals surface area contributed by atoms with E-state index in [1.54, 1.807) is 0 Å². The second-order valence-corrected chi connectivity index (χ2v) is 5.88. The lowest BCUT2D eigenvalue weighted by atomic mass is 10.0. The van der Waals surface area contributed by atoms with Crippen LogP contribution in [0.3, 0.4) is 0 Å². The first-order chi connectivity index (χ1) is 8.16. The van der Waals surface area contributed by atoms with E-state index in [0.29, 0.717) is 11.4 Å². The third-order valence-electron chi connectivity index (χ3n) is 2.88. The lowest BCUT2D eigenvalue weighted by Crippen LogP contribution is -2.44. The normalized spacial score (nSPS) is 20.2. The minimum Gasteiger partial charge on any atom is -0.306 e. The third-order valence-corrected chi connectivity index (χ3v) is 4.30. The molecule has 1 aliphatic rings. The van der Waals surface area contributed by atoms with Gasteiger partial charge in [0.05, 0.1) is 6.04 Å². The highest BCUT2D eigenvalue weighted by Crippen LogP contribution is 2.19. The number of hydrogen-bond acceptors (Lipinski definition) is 3. The van der Waals surface area contributed by atoms with Gasteiger partial charge < -0.3 is 5.32 Å². The number of carbonyl (C=O) groups is 1. The van der Waals surface area contributed by atoms with Crippen molar-refractivity contribution in [3.8, 4) is 0 Å². The van der Waals surface area contributed by atoms with Crippen LogP contribution in [0.25, 0.3) is 0 Å². The highest BCUT2D eigenvalue weighted by atomic mass is 35.5. The second kappa shape index (κ2) is 5.89. The van der Waals surface area contributed by atoms with Crippen molar-refractivity contribution in [2.75, 3.05) is 18.1 Å². The predicted molar refractivity (Wildman–Crippen MR) is 74.0 cm³/mol. The third kappa shape index (κ3) is 3.47. The number of thioether (sulfide) groups is 1. The number of carbonyl (C=O) groups excluding carboxylic acids is 1. The summed E-state index contributed by atoms with van der Waals surface area (Å²) in [6.07, 6.45) is 0.428. The average molecular weight is 270 g/mol. The van der Waals surface area contributed by atoms with Crippen molar-refractivity contribution in [2.45, 2.75) is 19.4 Å². The molecule has 92 valence electrons. The minimum absolute atomic E-state index is 0.00822. The second-order valence-electron chi connectivity index (χ2n) is 4.32. The van der Waals surface area contributed by atoms with Crippen LogP contribution < -0.4 is 5.32 Å². The summed E-state index contributed by atoms with van der Waals surface area (Å²) in [6.45, 7) is 2.92. The molecule has 0 amide bonds. The Kier molecular flexibility index (Phi) is 4.48. The molecule has 1 heterocycles. The molecule has 1 aromatic rings. The van der Waals surface area contributed by atoms with Crippen molar-refractivity contribution < 1.29 is 4.79 Å². The Morgan fingerprint density at radius 2 is 2.41 bits per heavy atom. The summed E-state index contributed by atoms with van der Waals surface area (Å²) in [4.78, 5) is 12.1. The molecule has 1 aliphatic heterocycles. The van der Waals surface area contributed by atoms with E-state index in [4.69, 9.17) is 11.6 Å². The summed E-state index contributed by atoms with van der Waals surface area (Å²) < 4.78 is 0. The molecule has 1 atom stereocenters. The van der Waals surface area contributed by atoms with E-state index in [-0.39, 0.29) is 11.8 Å². The van der Waals surface area contributed by atoms with Gasteiger partial charge in [0.15, 0.2) is 5.78 Å². The summed E-state index contributed by atoms with van der Waals surface area (Å²) in [5, 5.41) is 3.95. The Balaban J connectivity index is 2.02. The van der Waals surface area contributed by atoms with Crippen LogP contribution in [-0.4, -0.2) is 29.9 Å². The molecule has 1 unspecified atom stereocenters. The number of rotatable bonds is 3. The average Bonchev–Trinajstić information content (AvgIpc) is 2.34. The standard InChI is InChI=1S/C13H16ClNOS/c1-9-2-3-10(11(14)6-9)7-13(16)12-8-17-5-4-15-12/h2-3,6,12,15H,4-5,7-8H2,1H3. The minimum atomic E-state index is -0.00822. The summed E-state index contributed by atoms with van der Waals surface area (Å²) in [7, 11) is 0. The number of benzene rings is 1. The molecule has 17 heavy (non-hydrogen) atoms. The Labute approximate surface area is 111 Å². The Hall–Kier alpha value is -0.510. The molecule has 0 saturated carbocycles. The molecule has 2 nitrogen and oxygen atoms in total. The molecule has 1 fully saturated rings. The van der Waals surface area contributed by atoms with Crippen molar-refractivity contribution in [2.24, 2.45) is 0 Å². The maximum Gasteiger partial charge on any atom is 0.154 e. The van der Waals surface area contributed by atoms with Crippen LogP contribution in [0.15, 0.2) is 18.2 Å².